The maximum absolute atomic E-state index is 13.0. The number of esters is 2. The first-order valence-electron chi connectivity index (χ1n) is 9.91. The van der Waals surface area contributed by atoms with Crippen molar-refractivity contribution < 1.29 is 33.6 Å². The Bertz CT molecular complexity index is 953. The van der Waals surface area contributed by atoms with Crippen molar-refractivity contribution in [3.8, 4) is 0 Å². The average Bonchev–Trinajstić information content (AvgIpc) is 3.58. The van der Waals surface area contributed by atoms with E-state index in [4.69, 9.17) is 18.9 Å². The molecule has 1 aromatic carbocycles. The highest BCUT2D eigenvalue weighted by molar-refractivity contribution is 5.90. The van der Waals surface area contributed by atoms with E-state index in [9.17, 15) is 14.7 Å². The molecular weight excluding hydrogens is 376 g/mol. The molecule has 0 unspecified atom stereocenters. The second-order valence-corrected chi connectivity index (χ2v) is 9.13. The molecule has 3 aliphatic heterocycles. The number of epoxide rings is 2. The van der Waals surface area contributed by atoms with E-state index in [2.05, 4.69) is 6.58 Å². The molecule has 6 rings (SSSR count). The summed E-state index contributed by atoms with van der Waals surface area (Å²) in [6.45, 7) is 8.06. The van der Waals surface area contributed by atoms with Gasteiger partial charge in [0.15, 0.2) is 6.10 Å². The number of hydrogen-bond acceptors (Lipinski definition) is 7. The number of carbonyl (C=O) groups is 2. The number of aliphatic hydroxyl groups is 1. The molecule has 3 heterocycles. The number of rotatable bonds is 3. The molecule has 1 spiro atoms. The van der Waals surface area contributed by atoms with Crippen molar-refractivity contribution in [1.29, 1.82) is 0 Å². The van der Waals surface area contributed by atoms with Crippen LogP contribution >= 0.6 is 0 Å². The molecule has 5 aliphatic rings. The summed E-state index contributed by atoms with van der Waals surface area (Å²) in [6.07, 6.45) is -2.47. The van der Waals surface area contributed by atoms with Gasteiger partial charge >= 0.3 is 11.9 Å². The quantitative estimate of drug-likeness (QED) is 0.465. The van der Waals surface area contributed by atoms with Gasteiger partial charge in [0.2, 0.25) is 0 Å². The van der Waals surface area contributed by atoms with E-state index < -0.39 is 58.7 Å². The molecule has 7 heteroatoms. The van der Waals surface area contributed by atoms with Gasteiger partial charge in [-0.3, -0.25) is 4.79 Å². The van der Waals surface area contributed by atoms with Crippen molar-refractivity contribution in [2.75, 3.05) is 6.61 Å². The number of ether oxygens (including phenoxy) is 4. The van der Waals surface area contributed by atoms with Crippen molar-refractivity contribution >= 4 is 11.9 Å². The fourth-order valence-electron chi connectivity index (χ4n) is 6.40. The lowest BCUT2D eigenvalue weighted by molar-refractivity contribution is -0.232. The van der Waals surface area contributed by atoms with Crippen LogP contribution in [-0.2, 0) is 23.7 Å². The van der Waals surface area contributed by atoms with E-state index in [0.29, 0.717) is 17.7 Å². The van der Waals surface area contributed by atoms with Gasteiger partial charge in [-0.25, -0.2) is 4.79 Å². The van der Waals surface area contributed by atoms with E-state index in [1.54, 1.807) is 31.2 Å². The monoisotopic (exact) mass is 398 g/mol. The molecule has 1 N–H and O–H groups in total. The SMILES string of the molecule is C=C(C)[C@@H]1[C@H]2OC(=O)[C@@H]1[C@]1(O)[C@H]3O[C@H]3[C@]3(CO3)[C@]1(C)[C@@H]2OC(=O)c1ccccc1. The zero-order valence-electron chi connectivity index (χ0n) is 16.2. The second kappa shape index (κ2) is 5.09. The molecule has 2 bridgehead atoms. The standard InChI is InChI=1S/C22H22O7/c1-10(2)12-13-19(24)27-14(12)15(29-18(23)11-7-5-4-6-8-11)20(3)21(9-26-21)16-17(28-16)22(13,20)25/h4-8,12-17,25H,1,9H2,2-3H3/t12-,13+,14+,15+,16+,17-,20-,21+,22-/m0/s1. The molecule has 5 fully saturated rings. The van der Waals surface area contributed by atoms with Gasteiger partial charge in [-0.15, -0.1) is 0 Å². The van der Waals surface area contributed by atoms with E-state index in [0.717, 1.165) is 0 Å². The molecule has 0 radical (unpaired) electrons. The minimum absolute atomic E-state index is 0.312. The number of fused-ring (bicyclic) bond motifs is 8. The smallest absolute Gasteiger partial charge is 0.338 e. The zero-order valence-corrected chi connectivity index (χ0v) is 16.2. The Balaban J connectivity index is 1.50. The Hall–Kier alpha value is -2.22. The van der Waals surface area contributed by atoms with Crippen LogP contribution < -0.4 is 0 Å². The van der Waals surface area contributed by atoms with E-state index >= 15 is 0 Å². The molecule has 3 saturated heterocycles. The third kappa shape index (κ3) is 1.77. The van der Waals surface area contributed by atoms with Crippen LogP contribution in [-0.4, -0.2) is 59.3 Å². The van der Waals surface area contributed by atoms with Gasteiger partial charge in [-0.05, 0) is 26.0 Å². The lowest BCUT2D eigenvalue weighted by Crippen LogP contribution is -2.71. The second-order valence-electron chi connectivity index (χ2n) is 9.13. The third-order valence-corrected chi connectivity index (χ3v) is 7.92. The van der Waals surface area contributed by atoms with E-state index in [-0.39, 0.29) is 6.10 Å². The summed E-state index contributed by atoms with van der Waals surface area (Å²) in [5.74, 6) is -2.31. The normalized spacial score (nSPS) is 50.5. The Labute approximate surface area is 167 Å². The van der Waals surface area contributed by atoms with E-state index in [1.165, 1.54) is 0 Å². The van der Waals surface area contributed by atoms with Gasteiger partial charge in [0.25, 0.3) is 0 Å². The van der Waals surface area contributed by atoms with Crippen LogP contribution in [0.1, 0.15) is 24.2 Å². The Kier molecular flexibility index (Phi) is 3.09. The molecule has 152 valence electrons. The topological polar surface area (TPSA) is 97.9 Å². The molecule has 7 nitrogen and oxygen atoms in total. The number of carbonyl (C=O) groups excluding carboxylic acids is 2. The summed E-state index contributed by atoms with van der Waals surface area (Å²) in [6, 6.07) is 8.65. The predicted octanol–water partition coefficient (Wildman–Crippen LogP) is 1.25. The minimum Gasteiger partial charge on any atom is -0.457 e. The molecule has 0 aromatic heterocycles. The molecule has 9 atom stereocenters. The number of hydrogen-bond donors (Lipinski definition) is 1. The van der Waals surface area contributed by atoms with Crippen molar-refractivity contribution in [3.05, 3.63) is 48.0 Å². The first-order chi connectivity index (χ1) is 13.8. The van der Waals surface area contributed by atoms with Gasteiger partial charge < -0.3 is 24.1 Å². The van der Waals surface area contributed by atoms with Gasteiger partial charge in [0.1, 0.15) is 29.5 Å². The van der Waals surface area contributed by atoms with Crippen molar-refractivity contribution in [2.24, 2.45) is 17.3 Å². The Morgan fingerprint density at radius 3 is 2.59 bits per heavy atom. The summed E-state index contributed by atoms with van der Waals surface area (Å²) in [5, 5.41) is 12.0. The van der Waals surface area contributed by atoms with Crippen LogP contribution in [0.25, 0.3) is 0 Å². The third-order valence-electron chi connectivity index (χ3n) is 7.92. The fraction of sp³-hybridized carbons (Fsp3) is 0.545. The molecule has 0 amide bonds. The largest absolute Gasteiger partial charge is 0.457 e. The molecule has 2 aliphatic carbocycles. The summed E-state index contributed by atoms with van der Waals surface area (Å²) in [7, 11) is 0. The molecule has 2 saturated carbocycles. The average molecular weight is 398 g/mol. The van der Waals surface area contributed by atoms with Crippen molar-refractivity contribution in [2.45, 2.75) is 49.5 Å². The first kappa shape index (κ1) is 17.6. The zero-order chi connectivity index (χ0) is 20.3. The summed E-state index contributed by atoms with van der Waals surface area (Å²) < 4.78 is 23.4. The first-order valence-corrected chi connectivity index (χ1v) is 9.91. The maximum Gasteiger partial charge on any atom is 0.338 e. The van der Waals surface area contributed by atoms with E-state index in [1.807, 2.05) is 13.0 Å². The summed E-state index contributed by atoms with van der Waals surface area (Å²) in [5.41, 5.74) is -2.28. The highest BCUT2D eigenvalue weighted by atomic mass is 16.7. The van der Waals surface area contributed by atoms with Gasteiger partial charge in [-0.2, -0.15) is 0 Å². The highest BCUT2D eigenvalue weighted by Gasteiger charge is 2.95. The Morgan fingerprint density at radius 1 is 1.28 bits per heavy atom. The lowest BCUT2D eigenvalue weighted by Gasteiger charge is -2.54. The molecule has 29 heavy (non-hydrogen) atoms. The van der Waals surface area contributed by atoms with Crippen LogP contribution in [0.2, 0.25) is 0 Å². The van der Waals surface area contributed by atoms with Crippen LogP contribution in [0.5, 0.6) is 0 Å². The minimum atomic E-state index is -1.57. The lowest BCUT2D eigenvalue weighted by atomic mass is 9.52. The maximum atomic E-state index is 13.0. The van der Waals surface area contributed by atoms with Crippen LogP contribution in [0.4, 0.5) is 0 Å². The summed E-state index contributed by atoms with van der Waals surface area (Å²) >= 11 is 0. The van der Waals surface area contributed by atoms with Crippen LogP contribution in [0.15, 0.2) is 42.5 Å². The van der Waals surface area contributed by atoms with Crippen LogP contribution in [0, 0.1) is 17.3 Å². The summed E-state index contributed by atoms with van der Waals surface area (Å²) in [4.78, 5) is 25.9. The van der Waals surface area contributed by atoms with Crippen LogP contribution in [0.3, 0.4) is 0 Å². The number of benzene rings is 1. The van der Waals surface area contributed by atoms with Gasteiger partial charge in [0.05, 0.1) is 23.5 Å². The fourth-order valence-corrected chi connectivity index (χ4v) is 6.40. The molecule has 1 aromatic rings. The van der Waals surface area contributed by atoms with Gasteiger partial charge in [0, 0.05) is 5.92 Å². The Morgan fingerprint density at radius 2 is 1.97 bits per heavy atom. The highest BCUT2D eigenvalue weighted by Crippen LogP contribution is 2.76. The van der Waals surface area contributed by atoms with Crippen molar-refractivity contribution in [1.82, 2.24) is 0 Å². The predicted molar refractivity (Wildman–Crippen MR) is 97.7 cm³/mol. The van der Waals surface area contributed by atoms with Gasteiger partial charge in [-0.1, -0.05) is 30.4 Å². The molecular formula is C22H22O7. The van der Waals surface area contributed by atoms with Crippen molar-refractivity contribution in [3.63, 3.8) is 0 Å².